The van der Waals surface area contributed by atoms with Crippen LogP contribution in [0.25, 0.3) is 0 Å². The number of nitrogens with zero attached hydrogens (tertiary/aromatic N) is 1. The zero-order valence-electron chi connectivity index (χ0n) is 12.4. The molecule has 0 bridgehead atoms. The van der Waals surface area contributed by atoms with Gasteiger partial charge in [0.1, 0.15) is 5.75 Å². The third-order valence-electron chi connectivity index (χ3n) is 3.27. The molecule has 6 heteroatoms. The predicted octanol–water partition coefficient (Wildman–Crippen LogP) is 1.84. The summed E-state index contributed by atoms with van der Waals surface area (Å²) in [7, 11) is 0. The topological polar surface area (TPSA) is 82.3 Å². The fraction of sp³-hybridized carbons (Fsp3) is 0.312. The molecule has 118 valence electrons. The monoisotopic (exact) mass is 319 g/mol. The molecule has 1 amide bonds. The Morgan fingerprint density at radius 3 is 2.64 bits per heavy atom. The van der Waals surface area contributed by atoms with E-state index in [1.165, 1.54) is 5.56 Å². The molecule has 0 spiro atoms. The lowest BCUT2D eigenvalue weighted by molar-refractivity contribution is -0.119. The smallest absolute Gasteiger partial charge is 0.231 e. The number of carbonyl (C=O) groups excluding carboxylic acids is 1. The minimum absolute atomic E-state index is 0.270. The summed E-state index contributed by atoms with van der Waals surface area (Å²) >= 11 is 1.70. The van der Waals surface area contributed by atoms with E-state index < -0.39 is 0 Å². The largest absolute Gasteiger partial charge is 0.508 e. The number of phenolic OH excluding ortho intramolecular Hbond substituents is 1. The molecule has 0 fully saturated rings. The lowest BCUT2D eigenvalue weighted by Crippen LogP contribution is -2.36. The predicted molar refractivity (Wildman–Crippen MR) is 89.0 cm³/mol. The summed E-state index contributed by atoms with van der Waals surface area (Å²) in [6.45, 7) is 1.87. The molecule has 1 aromatic carbocycles. The number of H-pyrrole nitrogens is 1. The summed E-state index contributed by atoms with van der Waals surface area (Å²) in [6.07, 6.45) is 4.75. The Hall–Kier alpha value is -1.92. The number of carbonyl (C=O) groups is 1. The lowest BCUT2D eigenvalue weighted by atomic mass is 10.2. The fourth-order valence-electron chi connectivity index (χ4n) is 2.13. The van der Waals surface area contributed by atoms with Gasteiger partial charge in [-0.3, -0.25) is 9.69 Å². The van der Waals surface area contributed by atoms with Crippen LogP contribution in [0.15, 0.2) is 47.6 Å². The number of nitrogens with two attached hydrogens (primary N) is 1. The Bertz CT molecular complexity index is 570. The molecule has 5 nitrogen and oxygen atoms in total. The van der Waals surface area contributed by atoms with Crippen molar-refractivity contribution in [2.24, 2.45) is 5.73 Å². The maximum Gasteiger partial charge on any atom is 0.231 e. The van der Waals surface area contributed by atoms with Crippen LogP contribution < -0.4 is 5.73 Å². The van der Waals surface area contributed by atoms with Crippen LogP contribution in [0.5, 0.6) is 5.75 Å². The second-order valence-electron chi connectivity index (χ2n) is 5.05. The van der Waals surface area contributed by atoms with Gasteiger partial charge in [0.25, 0.3) is 0 Å². The second-order valence-corrected chi connectivity index (χ2v) is 6.22. The average molecular weight is 319 g/mol. The van der Waals surface area contributed by atoms with Gasteiger partial charge in [0.15, 0.2) is 0 Å². The number of primary amides is 1. The molecule has 0 saturated carbocycles. The molecule has 0 saturated heterocycles. The van der Waals surface area contributed by atoms with Crippen molar-refractivity contribution in [2.75, 3.05) is 25.4 Å². The number of rotatable bonds is 9. The number of aromatic hydroxyl groups is 1. The van der Waals surface area contributed by atoms with E-state index in [4.69, 9.17) is 5.73 Å². The Morgan fingerprint density at radius 2 is 2.00 bits per heavy atom. The van der Waals surface area contributed by atoms with Crippen molar-refractivity contribution in [2.45, 2.75) is 11.3 Å². The van der Waals surface area contributed by atoms with E-state index in [-0.39, 0.29) is 18.2 Å². The van der Waals surface area contributed by atoms with Gasteiger partial charge in [-0.25, -0.2) is 0 Å². The highest BCUT2D eigenvalue weighted by Gasteiger charge is 2.09. The first-order chi connectivity index (χ1) is 10.6. The van der Waals surface area contributed by atoms with E-state index in [2.05, 4.69) is 9.88 Å². The van der Waals surface area contributed by atoms with E-state index in [0.29, 0.717) is 0 Å². The van der Waals surface area contributed by atoms with E-state index >= 15 is 0 Å². The highest BCUT2D eigenvalue weighted by Crippen LogP contribution is 2.20. The van der Waals surface area contributed by atoms with Gasteiger partial charge >= 0.3 is 0 Å². The van der Waals surface area contributed by atoms with Crippen molar-refractivity contribution in [1.29, 1.82) is 0 Å². The summed E-state index contributed by atoms with van der Waals surface area (Å²) in [5, 5.41) is 9.26. The number of benzene rings is 1. The number of aromatic nitrogens is 1. The van der Waals surface area contributed by atoms with Crippen LogP contribution in [0.1, 0.15) is 5.56 Å². The number of amides is 1. The van der Waals surface area contributed by atoms with Crippen molar-refractivity contribution >= 4 is 17.7 Å². The highest BCUT2D eigenvalue weighted by molar-refractivity contribution is 7.99. The lowest BCUT2D eigenvalue weighted by Gasteiger charge is -2.20. The average Bonchev–Trinajstić information content (AvgIpc) is 2.99. The Kier molecular flexibility index (Phi) is 6.36. The van der Waals surface area contributed by atoms with Crippen LogP contribution in [-0.4, -0.2) is 46.3 Å². The molecule has 1 heterocycles. The summed E-state index contributed by atoms with van der Waals surface area (Å²) < 4.78 is 0. The van der Waals surface area contributed by atoms with Crippen molar-refractivity contribution in [1.82, 2.24) is 9.88 Å². The Labute approximate surface area is 134 Å². The minimum atomic E-state index is -0.302. The third kappa shape index (κ3) is 5.83. The van der Waals surface area contributed by atoms with Crippen LogP contribution in [-0.2, 0) is 11.2 Å². The van der Waals surface area contributed by atoms with Gasteiger partial charge in [-0.2, -0.15) is 0 Å². The first-order valence-corrected chi connectivity index (χ1v) is 8.16. The number of nitrogens with one attached hydrogen (secondary N) is 1. The van der Waals surface area contributed by atoms with Gasteiger partial charge in [0, 0.05) is 36.1 Å². The van der Waals surface area contributed by atoms with Gasteiger partial charge < -0.3 is 15.8 Å². The zero-order valence-corrected chi connectivity index (χ0v) is 13.2. The van der Waals surface area contributed by atoms with Crippen molar-refractivity contribution in [3.63, 3.8) is 0 Å². The minimum Gasteiger partial charge on any atom is -0.508 e. The molecule has 0 atom stereocenters. The fourth-order valence-corrected chi connectivity index (χ4v) is 3.04. The quantitative estimate of drug-likeness (QED) is 0.616. The number of hydrogen-bond donors (Lipinski definition) is 3. The van der Waals surface area contributed by atoms with Crippen LogP contribution >= 0.6 is 11.8 Å². The molecule has 0 aliphatic heterocycles. The molecule has 1 aromatic heterocycles. The summed E-state index contributed by atoms with van der Waals surface area (Å²) in [6, 6.07) is 9.16. The number of thioether (sulfide) groups is 1. The molecule has 4 N–H and O–H groups in total. The molecule has 0 unspecified atom stereocenters. The van der Waals surface area contributed by atoms with Gasteiger partial charge in [-0.15, -0.1) is 11.8 Å². The third-order valence-corrected chi connectivity index (χ3v) is 4.26. The molecule has 0 aliphatic rings. The maximum absolute atomic E-state index is 11.2. The SMILES string of the molecule is NC(=O)CN(CCSc1ccc(O)cc1)CCc1cc[nH]c1. The molecule has 2 aromatic rings. The second kappa shape index (κ2) is 8.51. The van der Waals surface area contributed by atoms with Gasteiger partial charge in [0.05, 0.1) is 6.54 Å². The van der Waals surface area contributed by atoms with E-state index in [0.717, 1.165) is 30.2 Å². The van der Waals surface area contributed by atoms with E-state index in [9.17, 15) is 9.90 Å². The van der Waals surface area contributed by atoms with Crippen molar-refractivity contribution in [3.05, 3.63) is 48.3 Å². The van der Waals surface area contributed by atoms with Crippen LogP contribution in [0.4, 0.5) is 0 Å². The number of hydrogen-bond acceptors (Lipinski definition) is 4. The molecule has 0 aliphatic carbocycles. The summed E-state index contributed by atoms with van der Waals surface area (Å²) in [5.74, 6) is 0.834. The van der Waals surface area contributed by atoms with Crippen LogP contribution in [0.2, 0.25) is 0 Å². The van der Waals surface area contributed by atoms with Crippen molar-refractivity contribution < 1.29 is 9.90 Å². The van der Waals surface area contributed by atoms with Gasteiger partial charge in [0.2, 0.25) is 5.91 Å². The van der Waals surface area contributed by atoms with Gasteiger partial charge in [-0.1, -0.05) is 0 Å². The molecule has 0 radical (unpaired) electrons. The molecular weight excluding hydrogens is 298 g/mol. The van der Waals surface area contributed by atoms with E-state index in [1.807, 2.05) is 30.6 Å². The van der Waals surface area contributed by atoms with Crippen molar-refractivity contribution in [3.8, 4) is 5.75 Å². The van der Waals surface area contributed by atoms with Crippen LogP contribution in [0.3, 0.4) is 0 Å². The Balaban J connectivity index is 1.78. The molecule has 2 rings (SSSR count). The maximum atomic E-state index is 11.2. The molecular formula is C16H21N3O2S. The summed E-state index contributed by atoms with van der Waals surface area (Å²) in [5.41, 5.74) is 6.54. The zero-order chi connectivity index (χ0) is 15.8. The first kappa shape index (κ1) is 16.5. The number of phenols is 1. The van der Waals surface area contributed by atoms with E-state index in [1.54, 1.807) is 23.9 Å². The van der Waals surface area contributed by atoms with Gasteiger partial charge in [-0.05, 0) is 42.3 Å². The Morgan fingerprint density at radius 1 is 1.23 bits per heavy atom. The molecule has 22 heavy (non-hydrogen) atoms. The highest BCUT2D eigenvalue weighted by atomic mass is 32.2. The summed E-state index contributed by atoms with van der Waals surface area (Å²) in [4.78, 5) is 17.4. The first-order valence-electron chi connectivity index (χ1n) is 7.17. The normalized spacial score (nSPS) is 11.0. The van der Waals surface area contributed by atoms with Crippen LogP contribution in [0, 0.1) is 0 Å². The standard InChI is InChI=1S/C16H21N3O2S/c17-16(21)12-19(8-6-13-5-7-18-11-13)9-10-22-15-3-1-14(20)2-4-15/h1-5,7,11,18,20H,6,8-10,12H2,(H2,17,21). The number of aromatic amines is 1.